The third-order valence-electron chi connectivity index (χ3n) is 4.23. The van der Waals surface area contributed by atoms with E-state index < -0.39 is 0 Å². The predicted octanol–water partition coefficient (Wildman–Crippen LogP) is 2.68. The van der Waals surface area contributed by atoms with Crippen LogP contribution in [0.5, 0.6) is 0 Å². The molecular weight excluding hydrogens is 546 g/mol. The smallest absolute Gasteiger partial charge is 0.185 e. The first-order valence-electron chi connectivity index (χ1n) is 8.68. The van der Waals surface area contributed by atoms with Crippen molar-refractivity contribution in [1.29, 1.82) is 0 Å². The van der Waals surface area contributed by atoms with Crippen LogP contribution in [0.1, 0.15) is 33.1 Å². The van der Waals surface area contributed by atoms with Gasteiger partial charge in [-0.1, -0.05) is 36.1 Å². The van der Waals surface area contributed by atoms with Crippen molar-refractivity contribution in [2.75, 3.05) is 20.1 Å². The Balaban J connectivity index is 2.27. The quantitative estimate of drug-likeness (QED) is 0.0933. The summed E-state index contributed by atoms with van der Waals surface area (Å²) in [7, 11) is 1.86. The Bertz CT molecular complexity index is 501. The Morgan fingerprint density at radius 3 is 2.56 bits per heavy atom. The molecule has 7 nitrogen and oxygen atoms in total. The molecule has 2 aliphatic rings. The van der Waals surface area contributed by atoms with E-state index >= 15 is 0 Å². The SMILES string of the molecule is C=C/C(=N\N(C(I)=NC(C)I)C(CC)NNC)N1CC2CCC(C1)O2. The van der Waals surface area contributed by atoms with Gasteiger partial charge in [0.05, 0.1) is 12.2 Å². The number of hydrogen-bond acceptors (Lipinski definition) is 5. The third kappa shape index (κ3) is 6.01. The van der Waals surface area contributed by atoms with Gasteiger partial charge in [0.25, 0.3) is 0 Å². The van der Waals surface area contributed by atoms with Crippen LogP contribution in [-0.2, 0) is 4.74 Å². The van der Waals surface area contributed by atoms with Gasteiger partial charge in [0.2, 0.25) is 0 Å². The number of amidine groups is 2. The maximum Gasteiger partial charge on any atom is 0.185 e. The average Bonchev–Trinajstić information content (AvgIpc) is 2.91. The van der Waals surface area contributed by atoms with Gasteiger partial charge in [-0.3, -0.25) is 5.43 Å². The van der Waals surface area contributed by atoms with Crippen molar-refractivity contribution in [1.82, 2.24) is 20.8 Å². The molecule has 4 unspecified atom stereocenters. The zero-order chi connectivity index (χ0) is 18.4. The first-order chi connectivity index (χ1) is 12.0. The Morgan fingerprint density at radius 2 is 2.08 bits per heavy atom. The maximum absolute atomic E-state index is 5.94. The van der Waals surface area contributed by atoms with Crippen LogP contribution in [0, 0.1) is 0 Å². The van der Waals surface area contributed by atoms with Gasteiger partial charge in [0, 0.05) is 35.7 Å². The lowest BCUT2D eigenvalue weighted by atomic mass is 10.2. The second-order valence-electron chi connectivity index (χ2n) is 6.16. The molecular formula is C16H28I2N6O. The number of likely N-dealkylation sites (tertiary alicyclic amines) is 1. The number of hydrazine groups is 1. The number of hydrogen-bond donors (Lipinski definition) is 2. The Labute approximate surface area is 177 Å². The Hall–Kier alpha value is 0.0200. The molecule has 0 saturated carbocycles. The second kappa shape index (κ2) is 10.4. The summed E-state index contributed by atoms with van der Waals surface area (Å²) in [6.07, 6.45) is 5.62. The number of alkyl halides is 1. The predicted molar refractivity (Wildman–Crippen MR) is 120 cm³/mol. The normalized spacial score (nSPS) is 26.5. The zero-order valence-corrected chi connectivity index (χ0v) is 19.4. The van der Waals surface area contributed by atoms with Crippen LogP contribution in [0.3, 0.4) is 0 Å². The van der Waals surface area contributed by atoms with Crippen LogP contribution in [0.25, 0.3) is 0 Å². The van der Waals surface area contributed by atoms with Gasteiger partial charge in [0.1, 0.15) is 16.0 Å². The molecule has 142 valence electrons. The largest absolute Gasteiger partial charge is 0.371 e. The van der Waals surface area contributed by atoms with Crippen molar-refractivity contribution in [2.45, 2.75) is 55.5 Å². The van der Waals surface area contributed by atoms with E-state index in [9.17, 15) is 0 Å². The summed E-state index contributed by atoms with van der Waals surface area (Å²) in [5.74, 6) is 0.877. The number of fused-ring (bicyclic) bond motifs is 2. The van der Waals surface area contributed by atoms with Crippen LogP contribution in [-0.4, -0.2) is 62.1 Å². The number of halogens is 2. The fourth-order valence-electron chi connectivity index (χ4n) is 3.09. The van der Waals surface area contributed by atoms with Gasteiger partial charge in [-0.2, -0.15) is 5.10 Å². The molecule has 0 spiro atoms. The fourth-order valence-corrected chi connectivity index (χ4v) is 4.75. The molecule has 9 heteroatoms. The topological polar surface area (TPSA) is 64.5 Å². The molecule has 0 radical (unpaired) electrons. The highest BCUT2D eigenvalue weighted by atomic mass is 127. The molecule has 0 aliphatic carbocycles. The highest BCUT2D eigenvalue weighted by molar-refractivity contribution is 14.1. The van der Waals surface area contributed by atoms with Crippen molar-refractivity contribution in [3.63, 3.8) is 0 Å². The minimum absolute atomic E-state index is 0.00325. The van der Waals surface area contributed by atoms with Crippen LogP contribution in [0.2, 0.25) is 0 Å². The van der Waals surface area contributed by atoms with Crippen molar-refractivity contribution < 1.29 is 4.74 Å². The van der Waals surface area contributed by atoms with Gasteiger partial charge < -0.3 is 9.64 Å². The van der Waals surface area contributed by atoms with Gasteiger partial charge in [0.15, 0.2) is 3.84 Å². The Kier molecular flexibility index (Phi) is 8.85. The number of aliphatic imine (C=N–C) groups is 1. The van der Waals surface area contributed by atoms with Crippen molar-refractivity contribution in [3.05, 3.63) is 12.7 Å². The molecule has 2 rings (SSSR count). The first kappa shape index (κ1) is 21.3. The number of ether oxygens (including phenoxy) is 1. The summed E-state index contributed by atoms with van der Waals surface area (Å²) in [5, 5.41) is 6.86. The fraction of sp³-hybridized carbons (Fsp3) is 0.750. The van der Waals surface area contributed by atoms with Crippen molar-refractivity contribution >= 4 is 54.9 Å². The van der Waals surface area contributed by atoms with E-state index in [0.717, 1.165) is 42.0 Å². The molecule has 0 aromatic heterocycles. The standard InChI is InChI=1S/C16H28I2N6O/c1-5-14(21-19-4)24(16(18)20-11(3)17)22-15(6-2)23-9-12-7-8-13(10-23)25-12/h6,11-14,19,21H,2,5,7-10H2,1,3-4H3/b20-16?,22-15+. The average molecular weight is 574 g/mol. The van der Waals surface area contributed by atoms with Crippen molar-refractivity contribution in [3.8, 4) is 0 Å². The lowest BCUT2D eigenvalue weighted by Crippen LogP contribution is -2.51. The maximum atomic E-state index is 5.94. The molecule has 2 bridgehead atoms. The highest BCUT2D eigenvalue weighted by Gasteiger charge is 2.35. The van der Waals surface area contributed by atoms with Gasteiger partial charge in [-0.25, -0.2) is 15.4 Å². The van der Waals surface area contributed by atoms with Crippen LogP contribution < -0.4 is 10.9 Å². The molecule has 2 heterocycles. The molecule has 2 fully saturated rings. The third-order valence-corrected chi connectivity index (χ3v) is 5.28. The summed E-state index contributed by atoms with van der Waals surface area (Å²) >= 11 is 4.55. The zero-order valence-electron chi connectivity index (χ0n) is 15.1. The number of nitrogens with one attached hydrogen (secondary N) is 2. The molecule has 2 saturated heterocycles. The lowest BCUT2D eigenvalue weighted by molar-refractivity contribution is -0.0158. The first-order valence-corrected chi connectivity index (χ1v) is 11.0. The highest BCUT2D eigenvalue weighted by Crippen LogP contribution is 2.27. The summed E-state index contributed by atoms with van der Waals surface area (Å²) in [6.45, 7) is 9.92. The van der Waals surface area contributed by atoms with E-state index in [1.807, 2.05) is 18.1 Å². The van der Waals surface area contributed by atoms with E-state index in [4.69, 9.17) is 9.84 Å². The molecule has 0 amide bonds. The van der Waals surface area contributed by atoms with Gasteiger partial charge in [-0.15, -0.1) is 0 Å². The summed E-state index contributed by atoms with van der Waals surface area (Å²) < 4.78 is 6.97. The summed E-state index contributed by atoms with van der Waals surface area (Å²) in [4.78, 5) is 6.95. The van der Waals surface area contributed by atoms with Crippen LogP contribution >= 0.6 is 45.2 Å². The molecule has 0 aromatic rings. The van der Waals surface area contributed by atoms with Crippen LogP contribution in [0.4, 0.5) is 0 Å². The minimum Gasteiger partial charge on any atom is -0.371 e. The van der Waals surface area contributed by atoms with Gasteiger partial charge >= 0.3 is 0 Å². The summed E-state index contributed by atoms with van der Waals surface area (Å²) in [6, 6.07) is 0. The van der Waals surface area contributed by atoms with E-state index in [1.165, 1.54) is 0 Å². The van der Waals surface area contributed by atoms with E-state index in [-0.39, 0.29) is 10.2 Å². The summed E-state index contributed by atoms with van der Waals surface area (Å²) in [5.41, 5.74) is 6.27. The molecule has 25 heavy (non-hydrogen) atoms. The monoisotopic (exact) mass is 574 g/mol. The van der Waals surface area contributed by atoms with Crippen LogP contribution in [0.15, 0.2) is 22.7 Å². The number of morpholine rings is 1. The molecule has 2 aliphatic heterocycles. The molecule has 0 aromatic carbocycles. The second-order valence-corrected chi connectivity index (χ2v) is 8.93. The van der Waals surface area contributed by atoms with E-state index in [2.05, 4.69) is 86.4 Å². The lowest BCUT2D eigenvalue weighted by Gasteiger charge is -2.35. The van der Waals surface area contributed by atoms with Crippen molar-refractivity contribution in [2.24, 2.45) is 10.1 Å². The van der Waals surface area contributed by atoms with Gasteiger partial charge in [-0.05, 0) is 39.3 Å². The van der Waals surface area contributed by atoms with E-state index in [0.29, 0.717) is 12.2 Å². The molecule has 4 atom stereocenters. The molecule has 2 N–H and O–H groups in total. The minimum atomic E-state index is 0.00325. The number of nitrogens with zero attached hydrogens (tertiary/aromatic N) is 4. The Morgan fingerprint density at radius 1 is 1.44 bits per heavy atom. The van der Waals surface area contributed by atoms with E-state index in [1.54, 1.807) is 0 Å². The number of rotatable bonds is 7. The number of hydrazone groups is 1.